The molecule has 0 amide bonds. The molecule has 0 spiro atoms. The highest BCUT2D eigenvalue weighted by atomic mass is 127. The van der Waals surface area contributed by atoms with Crippen LogP contribution in [0.3, 0.4) is 0 Å². The fraction of sp³-hybridized carbons (Fsp3) is 0.714. The number of guanidine groups is 1. The second kappa shape index (κ2) is 8.81. The molecule has 2 N–H and O–H groups in total. The maximum atomic E-state index is 4.61. The van der Waals surface area contributed by atoms with Crippen molar-refractivity contribution in [3.63, 3.8) is 0 Å². The van der Waals surface area contributed by atoms with E-state index in [0.717, 1.165) is 30.7 Å². The molecular weight excluding hydrogens is 383 g/mol. The third-order valence-electron chi connectivity index (χ3n) is 3.06. The fourth-order valence-corrected chi connectivity index (χ4v) is 2.55. The summed E-state index contributed by atoms with van der Waals surface area (Å²) in [5.41, 5.74) is 1.07. The Balaban J connectivity index is 0.00000200. The molecule has 0 saturated heterocycles. The van der Waals surface area contributed by atoms with Gasteiger partial charge in [0.25, 0.3) is 0 Å². The molecule has 6 heteroatoms. The van der Waals surface area contributed by atoms with Crippen molar-refractivity contribution in [1.82, 2.24) is 15.6 Å². The van der Waals surface area contributed by atoms with Crippen molar-refractivity contribution < 1.29 is 0 Å². The predicted octanol–water partition coefficient (Wildman–Crippen LogP) is 3.35. The van der Waals surface area contributed by atoms with Gasteiger partial charge in [-0.05, 0) is 25.7 Å². The van der Waals surface area contributed by atoms with Crippen LogP contribution in [0.15, 0.2) is 10.4 Å². The van der Waals surface area contributed by atoms with Gasteiger partial charge in [0, 0.05) is 24.4 Å². The van der Waals surface area contributed by atoms with Gasteiger partial charge in [-0.3, -0.25) is 0 Å². The molecule has 1 aliphatic rings. The summed E-state index contributed by atoms with van der Waals surface area (Å²) in [6, 6.07) is 0. The number of aromatic nitrogens is 1. The lowest BCUT2D eigenvalue weighted by molar-refractivity contribution is 0.738. The first-order valence-electron chi connectivity index (χ1n) is 7.15. The molecule has 1 heterocycles. The van der Waals surface area contributed by atoms with E-state index in [1.807, 2.05) is 0 Å². The number of nitrogens with zero attached hydrogens (tertiary/aromatic N) is 2. The lowest BCUT2D eigenvalue weighted by Gasteiger charge is -2.10. The summed E-state index contributed by atoms with van der Waals surface area (Å²) in [7, 11) is 0. The Morgan fingerprint density at radius 3 is 2.75 bits per heavy atom. The van der Waals surface area contributed by atoms with E-state index in [4.69, 9.17) is 0 Å². The Hall–Kier alpha value is -0.370. The highest BCUT2D eigenvalue weighted by molar-refractivity contribution is 14.0. The van der Waals surface area contributed by atoms with Crippen molar-refractivity contribution in [2.24, 2.45) is 10.9 Å². The monoisotopic (exact) mass is 408 g/mol. The van der Waals surface area contributed by atoms with Crippen LogP contribution in [0.2, 0.25) is 0 Å². The minimum atomic E-state index is 0. The first-order chi connectivity index (χ1) is 9.19. The summed E-state index contributed by atoms with van der Waals surface area (Å²) in [5.74, 6) is 2.27. The molecule has 1 fully saturated rings. The van der Waals surface area contributed by atoms with Gasteiger partial charge >= 0.3 is 0 Å². The molecule has 1 aromatic heterocycles. The van der Waals surface area contributed by atoms with E-state index >= 15 is 0 Å². The van der Waals surface area contributed by atoms with Gasteiger partial charge in [0.05, 0.1) is 17.2 Å². The second-order valence-electron chi connectivity index (χ2n) is 5.35. The topological polar surface area (TPSA) is 49.3 Å². The summed E-state index contributed by atoms with van der Waals surface area (Å²) in [6.45, 7) is 9.03. The lowest BCUT2D eigenvalue weighted by Crippen LogP contribution is -2.38. The van der Waals surface area contributed by atoms with Crippen LogP contribution in [0.4, 0.5) is 0 Å². The first kappa shape index (κ1) is 17.7. The molecule has 1 aromatic rings. The number of thiazole rings is 1. The SMILES string of the molecule is CCNC(=NCc1csc(C(C)C)n1)NCC1CC1.I. The van der Waals surface area contributed by atoms with Crippen LogP contribution in [-0.2, 0) is 6.54 Å². The van der Waals surface area contributed by atoms with Gasteiger partial charge in [0.1, 0.15) is 0 Å². The average molecular weight is 408 g/mol. The summed E-state index contributed by atoms with van der Waals surface area (Å²) in [5, 5.41) is 9.99. The average Bonchev–Trinajstić information content (AvgIpc) is 3.08. The van der Waals surface area contributed by atoms with Crippen molar-refractivity contribution in [2.45, 2.75) is 46.1 Å². The Kier molecular flexibility index (Phi) is 7.79. The van der Waals surface area contributed by atoms with Gasteiger partial charge in [-0.25, -0.2) is 9.98 Å². The van der Waals surface area contributed by atoms with Crippen LogP contribution >= 0.6 is 35.3 Å². The third-order valence-corrected chi connectivity index (χ3v) is 4.26. The minimum Gasteiger partial charge on any atom is -0.357 e. The van der Waals surface area contributed by atoms with Crippen LogP contribution in [0, 0.1) is 5.92 Å². The van der Waals surface area contributed by atoms with Gasteiger partial charge in [-0.1, -0.05) is 13.8 Å². The van der Waals surface area contributed by atoms with Crippen molar-refractivity contribution in [2.75, 3.05) is 13.1 Å². The zero-order chi connectivity index (χ0) is 13.7. The van der Waals surface area contributed by atoms with Crippen LogP contribution in [-0.4, -0.2) is 24.0 Å². The largest absolute Gasteiger partial charge is 0.357 e. The van der Waals surface area contributed by atoms with Crippen molar-refractivity contribution in [1.29, 1.82) is 0 Å². The smallest absolute Gasteiger partial charge is 0.191 e. The van der Waals surface area contributed by atoms with Gasteiger partial charge in [0.15, 0.2) is 5.96 Å². The second-order valence-corrected chi connectivity index (χ2v) is 6.24. The molecule has 2 rings (SSSR count). The van der Waals surface area contributed by atoms with Crippen LogP contribution < -0.4 is 10.6 Å². The molecule has 0 bridgehead atoms. The van der Waals surface area contributed by atoms with E-state index < -0.39 is 0 Å². The number of hydrogen-bond acceptors (Lipinski definition) is 3. The van der Waals surface area contributed by atoms with Crippen LogP contribution in [0.25, 0.3) is 0 Å². The van der Waals surface area contributed by atoms with Crippen LogP contribution in [0.5, 0.6) is 0 Å². The molecule has 0 aromatic carbocycles. The molecule has 20 heavy (non-hydrogen) atoms. The number of aliphatic imine (C=N–C) groups is 1. The molecule has 0 aliphatic heterocycles. The summed E-state index contributed by atoms with van der Waals surface area (Å²) < 4.78 is 0. The summed E-state index contributed by atoms with van der Waals surface area (Å²) in [4.78, 5) is 9.20. The Labute approximate surface area is 142 Å². The Bertz CT molecular complexity index is 427. The fourth-order valence-electron chi connectivity index (χ4n) is 1.73. The van der Waals surface area contributed by atoms with E-state index in [0.29, 0.717) is 12.5 Å². The molecule has 0 unspecified atom stereocenters. The lowest BCUT2D eigenvalue weighted by atomic mass is 10.2. The molecule has 0 atom stereocenters. The maximum Gasteiger partial charge on any atom is 0.191 e. The standard InChI is InChI=1S/C14H24N4S.HI/c1-4-15-14(16-7-11-5-6-11)17-8-12-9-19-13(18-12)10(2)3;/h9-11H,4-8H2,1-3H3,(H2,15,16,17);1H. The summed E-state index contributed by atoms with van der Waals surface area (Å²) in [6.07, 6.45) is 2.71. The highest BCUT2D eigenvalue weighted by Crippen LogP contribution is 2.27. The van der Waals surface area contributed by atoms with Gasteiger partial charge in [-0.2, -0.15) is 0 Å². The zero-order valence-corrected chi connectivity index (χ0v) is 15.6. The van der Waals surface area contributed by atoms with Gasteiger partial charge < -0.3 is 10.6 Å². The minimum absolute atomic E-state index is 0. The number of halogens is 1. The van der Waals surface area contributed by atoms with Crippen molar-refractivity contribution in [3.05, 3.63) is 16.1 Å². The zero-order valence-electron chi connectivity index (χ0n) is 12.5. The quantitative estimate of drug-likeness (QED) is 0.431. The first-order valence-corrected chi connectivity index (χ1v) is 8.03. The van der Waals surface area contributed by atoms with E-state index in [2.05, 4.69) is 46.8 Å². The molecule has 0 radical (unpaired) electrons. The predicted molar refractivity (Wildman–Crippen MR) is 97.2 cm³/mol. The highest BCUT2D eigenvalue weighted by Gasteiger charge is 2.21. The van der Waals surface area contributed by atoms with Gasteiger partial charge in [-0.15, -0.1) is 35.3 Å². The molecule has 4 nitrogen and oxygen atoms in total. The van der Waals surface area contributed by atoms with Crippen LogP contribution in [0.1, 0.15) is 50.2 Å². The number of hydrogen-bond donors (Lipinski definition) is 2. The normalized spacial score (nSPS) is 15.1. The number of nitrogens with one attached hydrogen (secondary N) is 2. The van der Waals surface area contributed by atoms with Crippen molar-refractivity contribution in [3.8, 4) is 0 Å². The molecule has 1 aliphatic carbocycles. The summed E-state index contributed by atoms with van der Waals surface area (Å²) >= 11 is 1.73. The molecule has 1 saturated carbocycles. The Morgan fingerprint density at radius 2 is 2.20 bits per heavy atom. The number of rotatable bonds is 6. The van der Waals surface area contributed by atoms with E-state index in [-0.39, 0.29) is 24.0 Å². The van der Waals surface area contributed by atoms with E-state index in [9.17, 15) is 0 Å². The maximum absolute atomic E-state index is 4.61. The third kappa shape index (κ3) is 5.95. The van der Waals surface area contributed by atoms with E-state index in [1.54, 1.807) is 11.3 Å². The Morgan fingerprint density at radius 1 is 1.45 bits per heavy atom. The molecular formula is C14H25IN4S. The van der Waals surface area contributed by atoms with Gasteiger partial charge in [0.2, 0.25) is 0 Å². The van der Waals surface area contributed by atoms with Crippen molar-refractivity contribution >= 4 is 41.3 Å². The van der Waals surface area contributed by atoms with E-state index in [1.165, 1.54) is 17.8 Å². The molecule has 114 valence electrons.